The van der Waals surface area contributed by atoms with Crippen LogP contribution in [0.1, 0.15) is 32.8 Å². The molecule has 0 radical (unpaired) electrons. The van der Waals surface area contributed by atoms with E-state index < -0.39 is 10.0 Å². The van der Waals surface area contributed by atoms with E-state index in [4.69, 9.17) is 0 Å². The summed E-state index contributed by atoms with van der Waals surface area (Å²) in [5, 5.41) is 3.99. The van der Waals surface area contributed by atoms with Gasteiger partial charge in [-0.2, -0.15) is 11.3 Å². The first-order valence-corrected chi connectivity index (χ1v) is 9.63. The predicted octanol–water partition coefficient (Wildman–Crippen LogP) is 2.08. The average Bonchev–Trinajstić information content (AvgIpc) is 2.97. The second-order valence-corrected chi connectivity index (χ2v) is 8.68. The molecule has 0 bridgehead atoms. The van der Waals surface area contributed by atoms with Gasteiger partial charge in [0.2, 0.25) is 10.0 Å². The van der Waals surface area contributed by atoms with Crippen molar-refractivity contribution in [3.8, 4) is 0 Å². The molecule has 2 heterocycles. The van der Waals surface area contributed by atoms with Crippen LogP contribution in [0, 0.1) is 0 Å². The molecule has 0 aromatic carbocycles. The zero-order chi connectivity index (χ0) is 14.8. The Hall–Kier alpha value is -0.430. The first-order valence-electron chi connectivity index (χ1n) is 7.14. The van der Waals surface area contributed by atoms with E-state index in [0.29, 0.717) is 12.6 Å². The van der Waals surface area contributed by atoms with E-state index in [1.165, 1.54) is 5.56 Å². The molecule has 4 nitrogen and oxygen atoms in total. The van der Waals surface area contributed by atoms with Crippen LogP contribution < -0.4 is 4.72 Å². The van der Waals surface area contributed by atoms with Gasteiger partial charge in [-0.25, -0.2) is 13.1 Å². The van der Waals surface area contributed by atoms with Gasteiger partial charge in [0.15, 0.2) is 0 Å². The van der Waals surface area contributed by atoms with Crippen LogP contribution in [0.4, 0.5) is 0 Å². The Balaban J connectivity index is 1.91. The molecular formula is C14H24N2O2S2. The van der Waals surface area contributed by atoms with E-state index in [0.717, 1.165) is 19.4 Å². The Morgan fingerprint density at radius 2 is 2.20 bits per heavy atom. The number of thiophene rings is 1. The van der Waals surface area contributed by atoms with E-state index in [1.54, 1.807) is 11.3 Å². The number of nitrogens with one attached hydrogen (secondary N) is 1. The molecule has 2 rings (SSSR count). The largest absolute Gasteiger partial charge is 0.299 e. The highest BCUT2D eigenvalue weighted by Gasteiger charge is 2.34. The lowest BCUT2D eigenvalue weighted by atomic mass is 10.1. The summed E-state index contributed by atoms with van der Waals surface area (Å²) >= 11 is 1.71. The van der Waals surface area contributed by atoms with Gasteiger partial charge in [0.1, 0.15) is 0 Å². The number of rotatable bonds is 6. The summed E-state index contributed by atoms with van der Waals surface area (Å²) < 4.78 is 27.1. The zero-order valence-corrected chi connectivity index (χ0v) is 14.0. The highest BCUT2D eigenvalue weighted by atomic mass is 32.2. The molecular weight excluding hydrogens is 292 g/mol. The molecule has 0 unspecified atom stereocenters. The standard InChI is InChI=1S/C14H24N2O2S2/c1-11(2)15-20(17,18)14-4-6-16(9-14)12(3)8-13-5-7-19-10-13/h5,7,10-12,14-15H,4,6,8-9H2,1-3H3/t12-,14+/m1/s1. The van der Waals surface area contributed by atoms with Crippen LogP contribution in [-0.2, 0) is 16.4 Å². The predicted molar refractivity (Wildman–Crippen MR) is 84.7 cm³/mol. The summed E-state index contributed by atoms with van der Waals surface area (Å²) in [7, 11) is -3.18. The highest BCUT2D eigenvalue weighted by Crippen LogP contribution is 2.21. The zero-order valence-electron chi connectivity index (χ0n) is 12.4. The Morgan fingerprint density at radius 1 is 1.45 bits per heavy atom. The molecule has 0 amide bonds. The lowest BCUT2D eigenvalue weighted by Gasteiger charge is -2.24. The van der Waals surface area contributed by atoms with Crippen LogP contribution in [0.3, 0.4) is 0 Å². The van der Waals surface area contributed by atoms with Gasteiger partial charge < -0.3 is 0 Å². The van der Waals surface area contributed by atoms with Crippen molar-refractivity contribution in [3.05, 3.63) is 22.4 Å². The average molecular weight is 316 g/mol. The van der Waals surface area contributed by atoms with Gasteiger partial charge in [0, 0.05) is 18.6 Å². The molecule has 2 atom stereocenters. The number of hydrogen-bond donors (Lipinski definition) is 1. The van der Waals surface area contributed by atoms with Crippen molar-refractivity contribution >= 4 is 21.4 Å². The van der Waals surface area contributed by atoms with E-state index in [-0.39, 0.29) is 11.3 Å². The Kier molecular flexibility index (Phi) is 5.23. The summed E-state index contributed by atoms with van der Waals surface area (Å²) in [4.78, 5) is 2.29. The van der Waals surface area contributed by atoms with Gasteiger partial charge in [-0.05, 0) is 62.5 Å². The van der Waals surface area contributed by atoms with Gasteiger partial charge in [-0.1, -0.05) is 0 Å². The molecule has 1 aromatic heterocycles. The van der Waals surface area contributed by atoms with Gasteiger partial charge in [0.25, 0.3) is 0 Å². The summed E-state index contributed by atoms with van der Waals surface area (Å²) in [6, 6.07) is 2.51. The molecule has 1 aliphatic rings. The highest BCUT2D eigenvalue weighted by molar-refractivity contribution is 7.90. The fraction of sp³-hybridized carbons (Fsp3) is 0.714. The van der Waals surface area contributed by atoms with E-state index in [2.05, 4.69) is 33.4 Å². The summed E-state index contributed by atoms with van der Waals surface area (Å²) in [5.74, 6) is 0. The lowest BCUT2D eigenvalue weighted by Crippen LogP contribution is -2.41. The van der Waals surface area contributed by atoms with Crippen molar-refractivity contribution in [2.24, 2.45) is 0 Å². The molecule has 1 fully saturated rings. The quantitative estimate of drug-likeness (QED) is 0.874. The smallest absolute Gasteiger partial charge is 0.216 e. The second kappa shape index (κ2) is 6.56. The third kappa shape index (κ3) is 4.04. The van der Waals surface area contributed by atoms with E-state index >= 15 is 0 Å². The van der Waals surface area contributed by atoms with E-state index in [9.17, 15) is 8.42 Å². The first kappa shape index (κ1) is 15.9. The monoisotopic (exact) mass is 316 g/mol. The Morgan fingerprint density at radius 3 is 2.80 bits per heavy atom. The molecule has 1 aromatic rings. The fourth-order valence-corrected chi connectivity index (χ4v) is 5.05. The molecule has 0 saturated carbocycles. The van der Waals surface area contributed by atoms with Crippen molar-refractivity contribution in [1.82, 2.24) is 9.62 Å². The van der Waals surface area contributed by atoms with Crippen LogP contribution >= 0.6 is 11.3 Å². The summed E-state index contributed by atoms with van der Waals surface area (Å²) in [6.07, 6.45) is 1.73. The normalized spacial score (nSPS) is 22.5. The minimum Gasteiger partial charge on any atom is -0.299 e. The topological polar surface area (TPSA) is 49.4 Å². The van der Waals surface area contributed by atoms with Crippen LogP contribution in [0.2, 0.25) is 0 Å². The maximum absolute atomic E-state index is 12.2. The molecule has 0 aliphatic carbocycles. The molecule has 1 aliphatic heterocycles. The van der Waals surface area contributed by atoms with Crippen LogP contribution in [0.5, 0.6) is 0 Å². The number of nitrogens with zero attached hydrogens (tertiary/aromatic N) is 1. The SMILES string of the molecule is CC(C)NS(=O)(=O)[C@H]1CCN([C@H](C)Cc2ccsc2)C1. The van der Waals surface area contributed by atoms with E-state index in [1.807, 2.05) is 13.8 Å². The fourth-order valence-electron chi connectivity index (χ4n) is 2.71. The minimum absolute atomic E-state index is 0.0303. The molecule has 1 N–H and O–H groups in total. The van der Waals surface area contributed by atoms with Gasteiger partial charge in [0.05, 0.1) is 5.25 Å². The van der Waals surface area contributed by atoms with Gasteiger partial charge in [-0.3, -0.25) is 4.90 Å². The number of likely N-dealkylation sites (tertiary alicyclic amines) is 1. The van der Waals surface area contributed by atoms with Crippen LogP contribution in [0.25, 0.3) is 0 Å². The Bertz CT molecular complexity index is 511. The van der Waals surface area contributed by atoms with Crippen LogP contribution in [-0.4, -0.2) is 43.7 Å². The third-order valence-electron chi connectivity index (χ3n) is 3.75. The van der Waals surface area contributed by atoms with Crippen molar-refractivity contribution in [3.63, 3.8) is 0 Å². The summed E-state index contributed by atoms with van der Waals surface area (Å²) in [6.45, 7) is 7.43. The first-order chi connectivity index (χ1) is 9.38. The van der Waals surface area contributed by atoms with Gasteiger partial charge in [-0.15, -0.1) is 0 Å². The molecule has 114 valence electrons. The molecule has 1 saturated heterocycles. The number of hydrogen-bond acceptors (Lipinski definition) is 4. The lowest BCUT2D eigenvalue weighted by molar-refractivity contribution is 0.258. The van der Waals surface area contributed by atoms with Crippen molar-refractivity contribution < 1.29 is 8.42 Å². The molecule has 20 heavy (non-hydrogen) atoms. The minimum atomic E-state index is -3.18. The second-order valence-electron chi connectivity index (χ2n) is 5.91. The van der Waals surface area contributed by atoms with Crippen LogP contribution in [0.15, 0.2) is 16.8 Å². The maximum atomic E-state index is 12.2. The third-order valence-corrected chi connectivity index (χ3v) is 6.54. The van der Waals surface area contributed by atoms with Gasteiger partial charge >= 0.3 is 0 Å². The molecule has 6 heteroatoms. The van der Waals surface area contributed by atoms with Crippen molar-refractivity contribution in [1.29, 1.82) is 0 Å². The Labute approximate surface area is 126 Å². The van der Waals surface area contributed by atoms with Crippen molar-refractivity contribution in [2.45, 2.75) is 50.9 Å². The maximum Gasteiger partial charge on any atom is 0.216 e. The van der Waals surface area contributed by atoms with Crippen molar-refractivity contribution in [2.75, 3.05) is 13.1 Å². The molecule has 0 spiro atoms. The summed E-state index contributed by atoms with van der Waals surface area (Å²) in [5.41, 5.74) is 1.34. The number of sulfonamides is 1.